The third-order valence-corrected chi connectivity index (χ3v) is 3.01. The topological polar surface area (TPSA) is 54.5 Å². The Labute approximate surface area is 116 Å². The Morgan fingerprint density at radius 2 is 1.55 bits per heavy atom. The van der Waals surface area contributed by atoms with E-state index in [4.69, 9.17) is 5.26 Å². The lowest BCUT2D eigenvalue weighted by Gasteiger charge is -2.09. The summed E-state index contributed by atoms with van der Waals surface area (Å²) in [4.78, 5) is 0. The van der Waals surface area contributed by atoms with Crippen molar-refractivity contribution in [3.05, 3.63) is 66.5 Å². The maximum absolute atomic E-state index is 8.94. The van der Waals surface area contributed by atoms with Gasteiger partial charge in [-0.2, -0.15) is 5.26 Å². The average molecular weight is 260 g/mol. The highest BCUT2D eigenvalue weighted by Crippen LogP contribution is 2.22. The Kier molecular flexibility index (Phi) is 3.25. The number of hydrogen-bond donors (Lipinski definition) is 0. The van der Waals surface area contributed by atoms with Crippen molar-refractivity contribution in [2.24, 2.45) is 0 Å². The highest BCUT2D eigenvalue weighted by molar-refractivity contribution is 5.58. The number of para-hydroxylation sites is 1. The quantitative estimate of drug-likeness (QED) is 0.727. The van der Waals surface area contributed by atoms with Gasteiger partial charge in [0.25, 0.3) is 0 Å². The van der Waals surface area contributed by atoms with Crippen molar-refractivity contribution in [2.75, 3.05) is 0 Å². The van der Waals surface area contributed by atoms with E-state index in [-0.39, 0.29) is 6.42 Å². The van der Waals surface area contributed by atoms with E-state index in [9.17, 15) is 0 Å². The predicted octanol–water partition coefficient (Wildman–Crippen LogP) is 3.00. The van der Waals surface area contributed by atoms with Gasteiger partial charge in [0, 0.05) is 11.3 Å². The molecule has 1 heterocycles. The molecular formula is C16H12N4. The highest BCUT2D eigenvalue weighted by atomic mass is 15.3. The summed E-state index contributed by atoms with van der Waals surface area (Å²) in [7, 11) is 0. The Morgan fingerprint density at radius 1 is 0.900 bits per heavy atom. The number of nitriles is 1. The molecule has 20 heavy (non-hydrogen) atoms. The lowest BCUT2D eigenvalue weighted by atomic mass is 10.2. The fourth-order valence-corrected chi connectivity index (χ4v) is 2.12. The standard InChI is InChI=1S/C16H12N4/c17-12-11-15-18-19-16(13-7-3-1-4-8-13)20(15)14-9-5-2-6-10-14/h1-10H,11H2. The van der Waals surface area contributed by atoms with Crippen molar-refractivity contribution in [2.45, 2.75) is 6.42 Å². The minimum atomic E-state index is 0.231. The normalized spacial score (nSPS) is 10.2. The zero-order valence-electron chi connectivity index (χ0n) is 10.8. The Hall–Kier alpha value is -2.93. The van der Waals surface area contributed by atoms with Gasteiger partial charge >= 0.3 is 0 Å². The summed E-state index contributed by atoms with van der Waals surface area (Å²) in [6.45, 7) is 0. The average Bonchev–Trinajstić information content (AvgIpc) is 2.93. The van der Waals surface area contributed by atoms with Crippen LogP contribution in [0.5, 0.6) is 0 Å². The van der Waals surface area contributed by atoms with Crippen molar-refractivity contribution in [1.82, 2.24) is 14.8 Å². The van der Waals surface area contributed by atoms with Crippen LogP contribution in [-0.2, 0) is 6.42 Å². The van der Waals surface area contributed by atoms with E-state index >= 15 is 0 Å². The van der Waals surface area contributed by atoms with E-state index in [2.05, 4.69) is 16.3 Å². The fourth-order valence-electron chi connectivity index (χ4n) is 2.12. The SMILES string of the molecule is N#CCc1nnc(-c2ccccc2)n1-c1ccccc1. The van der Waals surface area contributed by atoms with Gasteiger partial charge in [-0.25, -0.2) is 0 Å². The second-order valence-electron chi connectivity index (χ2n) is 4.31. The second-order valence-corrected chi connectivity index (χ2v) is 4.31. The number of hydrogen-bond acceptors (Lipinski definition) is 3. The molecule has 0 fully saturated rings. The third kappa shape index (κ3) is 2.17. The Balaban J connectivity index is 2.20. The van der Waals surface area contributed by atoms with Gasteiger partial charge in [0.2, 0.25) is 0 Å². The molecule has 0 amide bonds. The van der Waals surface area contributed by atoms with Crippen molar-refractivity contribution < 1.29 is 0 Å². The first-order valence-electron chi connectivity index (χ1n) is 6.32. The molecule has 0 spiro atoms. The Morgan fingerprint density at radius 3 is 2.20 bits per heavy atom. The largest absolute Gasteiger partial charge is 0.278 e. The molecule has 4 heteroatoms. The van der Waals surface area contributed by atoms with Gasteiger partial charge in [-0.05, 0) is 12.1 Å². The minimum absolute atomic E-state index is 0.231. The molecule has 0 aliphatic heterocycles. The van der Waals surface area contributed by atoms with Crippen molar-refractivity contribution in [1.29, 1.82) is 5.26 Å². The zero-order valence-corrected chi connectivity index (χ0v) is 10.8. The van der Waals surface area contributed by atoms with E-state index < -0.39 is 0 Å². The third-order valence-electron chi connectivity index (χ3n) is 3.01. The molecule has 0 unspecified atom stereocenters. The van der Waals surface area contributed by atoms with E-state index in [1.165, 1.54) is 0 Å². The van der Waals surface area contributed by atoms with E-state index in [1.807, 2.05) is 65.2 Å². The second kappa shape index (κ2) is 5.37. The number of benzene rings is 2. The zero-order chi connectivity index (χ0) is 13.8. The highest BCUT2D eigenvalue weighted by Gasteiger charge is 2.14. The van der Waals surface area contributed by atoms with Crippen LogP contribution in [0, 0.1) is 11.3 Å². The van der Waals surface area contributed by atoms with Gasteiger partial charge in [0.05, 0.1) is 12.5 Å². The molecule has 0 bridgehead atoms. The summed E-state index contributed by atoms with van der Waals surface area (Å²) >= 11 is 0. The van der Waals surface area contributed by atoms with Gasteiger partial charge in [-0.3, -0.25) is 4.57 Å². The smallest absolute Gasteiger partial charge is 0.168 e. The van der Waals surface area contributed by atoms with Crippen molar-refractivity contribution in [3.63, 3.8) is 0 Å². The van der Waals surface area contributed by atoms with Gasteiger partial charge in [0.1, 0.15) is 0 Å². The first-order valence-corrected chi connectivity index (χ1v) is 6.32. The molecule has 4 nitrogen and oxygen atoms in total. The van der Waals surface area contributed by atoms with Gasteiger partial charge < -0.3 is 0 Å². The van der Waals surface area contributed by atoms with Crippen LogP contribution in [0.15, 0.2) is 60.7 Å². The van der Waals surface area contributed by atoms with Crippen LogP contribution >= 0.6 is 0 Å². The summed E-state index contributed by atoms with van der Waals surface area (Å²) < 4.78 is 1.93. The molecule has 1 aromatic heterocycles. The van der Waals surface area contributed by atoms with E-state index in [0.717, 1.165) is 17.1 Å². The van der Waals surface area contributed by atoms with E-state index in [0.29, 0.717) is 5.82 Å². The number of rotatable bonds is 3. The monoisotopic (exact) mass is 260 g/mol. The van der Waals surface area contributed by atoms with Crippen LogP contribution < -0.4 is 0 Å². The van der Waals surface area contributed by atoms with Gasteiger partial charge in [0.15, 0.2) is 11.6 Å². The lowest BCUT2D eigenvalue weighted by Crippen LogP contribution is -2.02. The molecule has 0 aliphatic carbocycles. The first-order chi connectivity index (χ1) is 9.90. The summed E-state index contributed by atoms with van der Waals surface area (Å²) in [6, 6.07) is 21.8. The minimum Gasteiger partial charge on any atom is -0.278 e. The fraction of sp³-hybridized carbons (Fsp3) is 0.0625. The molecule has 0 atom stereocenters. The molecular weight excluding hydrogens is 248 g/mol. The van der Waals surface area contributed by atoms with Gasteiger partial charge in [-0.15, -0.1) is 10.2 Å². The molecule has 2 aromatic carbocycles. The maximum Gasteiger partial charge on any atom is 0.168 e. The lowest BCUT2D eigenvalue weighted by molar-refractivity contribution is 0.927. The van der Waals surface area contributed by atoms with Crippen molar-refractivity contribution in [3.8, 4) is 23.1 Å². The van der Waals surface area contributed by atoms with Crippen LogP contribution in [0.3, 0.4) is 0 Å². The molecule has 0 saturated heterocycles. The molecule has 3 aromatic rings. The number of aromatic nitrogens is 3. The molecule has 0 saturated carbocycles. The summed E-state index contributed by atoms with van der Waals surface area (Å²) in [6.07, 6.45) is 0.231. The van der Waals surface area contributed by atoms with Crippen molar-refractivity contribution >= 4 is 0 Å². The van der Waals surface area contributed by atoms with Crippen LogP contribution in [0.1, 0.15) is 5.82 Å². The van der Waals surface area contributed by atoms with Gasteiger partial charge in [-0.1, -0.05) is 48.5 Å². The maximum atomic E-state index is 8.94. The first kappa shape index (κ1) is 12.1. The Bertz CT molecular complexity index is 739. The summed E-state index contributed by atoms with van der Waals surface area (Å²) in [5.41, 5.74) is 1.94. The summed E-state index contributed by atoms with van der Waals surface area (Å²) in [5, 5.41) is 17.3. The molecule has 0 aliphatic rings. The van der Waals surface area contributed by atoms with Crippen LogP contribution in [0.25, 0.3) is 17.1 Å². The van der Waals surface area contributed by atoms with Crippen LogP contribution in [0.4, 0.5) is 0 Å². The molecule has 96 valence electrons. The predicted molar refractivity (Wildman–Crippen MR) is 76.1 cm³/mol. The van der Waals surface area contributed by atoms with Crippen LogP contribution in [-0.4, -0.2) is 14.8 Å². The number of nitrogens with zero attached hydrogens (tertiary/aromatic N) is 4. The van der Waals surface area contributed by atoms with Crippen LogP contribution in [0.2, 0.25) is 0 Å². The summed E-state index contributed by atoms with van der Waals surface area (Å²) in [5.74, 6) is 1.40. The molecule has 3 rings (SSSR count). The molecule has 0 radical (unpaired) electrons. The molecule has 0 N–H and O–H groups in total. The van der Waals surface area contributed by atoms with E-state index in [1.54, 1.807) is 0 Å².